The summed E-state index contributed by atoms with van der Waals surface area (Å²) in [5.41, 5.74) is -1.64. The Hall–Kier alpha value is -3.42. The molecule has 1 aromatic heterocycles. The summed E-state index contributed by atoms with van der Waals surface area (Å²) in [5.74, 6) is -1.81. The molecule has 1 atom stereocenters. The molecule has 8 nitrogen and oxygen atoms in total. The van der Waals surface area contributed by atoms with Crippen LogP contribution in [0.15, 0.2) is 23.1 Å². The Kier molecular flexibility index (Phi) is 6.44. The fourth-order valence-corrected chi connectivity index (χ4v) is 4.37. The summed E-state index contributed by atoms with van der Waals surface area (Å²) in [6.45, 7) is 1.81. The smallest absolute Gasteiger partial charge is 0.341 e. The van der Waals surface area contributed by atoms with Gasteiger partial charge in [-0.15, -0.1) is 0 Å². The summed E-state index contributed by atoms with van der Waals surface area (Å²) in [5, 5.41) is 20.7. The molecule has 2 rings (SSSR count). The Bertz CT molecular complexity index is 1240. The summed E-state index contributed by atoms with van der Waals surface area (Å²) in [6, 6.07) is 3.78. The molecule has 1 amide bonds. The number of carbonyl (C=O) groups excluding carboxylic acids is 1. The number of nitrogens with zero attached hydrogens (tertiary/aromatic N) is 3. The molecule has 0 aliphatic heterocycles. The van der Waals surface area contributed by atoms with Crippen LogP contribution in [-0.2, 0) is 17.1 Å². The summed E-state index contributed by atoms with van der Waals surface area (Å²) < 4.78 is 79.5. The first-order valence-electron chi connectivity index (χ1n) is 8.44. The third-order valence-electron chi connectivity index (χ3n) is 4.39. The van der Waals surface area contributed by atoms with Gasteiger partial charge in [0, 0.05) is 18.4 Å². The van der Waals surface area contributed by atoms with E-state index in [2.05, 4.69) is 5.32 Å². The molecule has 164 valence electrons. The second-order valence-electron chi connectivity index (χ2n) is 6.45. The third kappa shape index (κ3) is 4.68. The second-order valence-corrected chi connectivity index (χ2v) is 8.10. The molecular formula is C18H15F4N5O3S. The van der Waals surface area contributed by atoms with Crippen LogP contribution in [0.1, 0.15) is 34.2 Å². The Morgan fingerprint density at radius 2 is 1.84 bits per heavy atom. The van der Waals surface area contributed by atoms with Crippen LogP contribution in [0.2, 0.25) is 0 Å². The lowest BCUT2D eigenvalue weighted by Gasteiger charge is -2.17. The maximum absolute atomic E-state index is 13.5. The van der Waals surface area contributed by atoms with E-state index in [4.69, 9.17) is 5.26 Å². The molecule has 0 aliphatic rings. The van der Waals surface area contributed by atoms with Crippen molar-refractivity contribution in [3.63, 3.8) is 0 Å². The van der Waals surface area contributed by atoms with Gasteiger partial charge in [-0.2, -0.15) is 28.4 Å². The van der Waals surface area contributed by atoms with Gasteiger partial charge in [0.25, 0.3) is 5.91 Å². The van der Waals surface area contributed by atoms with E-state index >= 15 is 0 Å². The molecule has 0 saturated heterocycles. The number of carbonyl (C=O) groups is 1. The average Bonchev–Trinajstić information content (AvgIpc) is 2.93. The Labute approximate surface area is 174 Å². The SMILES string of the molecule is Cc1c(S(=O)(=O)N[C@H](C)C(F)(F)F)c(C#N)c(C(=O)Nc2ccc(F)c(C#N)c2)n1C. The Morgan fingerprint density at radius 1 is 1.23 bits per heavy atom. The van der Waals surface area contributed by atoms with Crippen LogP contribution in [0.4, 0.5) is 23.2 Å². The Morgan fingerprint density at radius 3 is 2.35 bits per heavy atom. The van der Waals surface area contributed by atoms with Crippen molar-refractivity contribution >= 4 is 21.6 Å². The number of hydrogen-bond acceptors (Lipinski definition) is 5. The summed E-state index contributed by atoms with van der Waals surface area (Å²) in [4.78, 5) is 12.0. The van der Waals surface area contributed by atoms with Gasteiger partial charge < -0.3 is 9.88 Å². The van der Waals surface area contributed by atoms with Crippen molar-refractivity contribution in [3.8, 4) is 12.1 Å². The van der Waals surface area contributed by atoms with E-state index in [1.54, 1.807) is 12.1 Å². The minimum Gasteiger partial charge on any atom is -0.341 e. The van der Waals surface area contributed by atoms with Gasteiger partial charge in [0.2, 0.25) is 10.0 Å². The lowest BCUT2D eigenvalue weighted by molar-refractivity contribution is -0.147. The van der Waals surface area contributed by atoms with Gasteiger partial charge in [-0.05, 0) is 32.0 Å². The van der Waals surface area contributed by atoms with E-state index in [0.29, 0.717) is 6.92 Å². The van der Waals surface area contributed by atoms with Crippen molar-refractivity contribution < 1.29 is 30.8 Å². The molecule has 13 heteroatoms. The molecule has 0 unspecified atom stereocenters. The molecule has 1 aromatic carbocycles. The number of anilines is 1. The molecule has 2 N–H and O–H groups in total. The van der Waals surface area contributed by atoms with Gasteiger partial charge in [-0.3, -0.25) is 4.79 Å². The highest BCUT2D eigenvalue weighted by atomic mass is 32.2. The number of amides is 1. The van der Waals surface area contributed by atoms with Crippen LogP contribution >= 0.6 is 0 Å². The predicted octanol–water partition coefficient (Wildman–Crippen LogP) is 2.70. The molecule has 0 aliphatic carbocycles. The van der Waals surface area contributed by atoms with Crippen LogP contribution in [-0.4, -0.2) is 31.1 Å². The topological polar surface area (TPSA) is 128 Å². The van der Waals surface area contributed by atoms with Crippen molar-refractivity contribution in [1.29, 1.82) is 10.5 Å². The lowest BCUT2D eigenvalue weighted by Crippen LogP contribution is -2.43. The number of sulfonamides is 1. The van der Waals surface area contributed by atoms with Gasteiger partial charge in [0.05, 0.1) is 5.56 Å². The van der Waals surface area contributed by atoms with E-state index in [1.807, 2.05) is 0 Å². The first-order chi connectivity index (χ1) is 14.2. The molecule has 31 heavy (non-hydrogen) atoms. The number of nitrogens with one attached hydrogen (secondary N) is 2. The standard InChI is InChI=1S/C18H15F4N5O3S/c1-9-16(31(29,30)26-10(2)18(20,21)22)13(8-24)15(27(9)3)17(28)25-12-4-5-14(19)11(6-12)7-23/h4-6,10,26H,1-3H3,(H,25,28)/t10-/m1/s1. The highest BCUT2D eigenvalue weighted by Gasteiger charge is 2.41. The molecule has 0 saturated carbocycles. The van der Waals surface area contributed by atoms with Crippen LogP contribution in [0.5, 0.6) is 0 Å². The first kappa shape index (κ1) is 23.9. The normalized spacial score (nSPS) is 12.7. The summed E-state index contributed by atoms with van der Waals surface area (Å²) >= 11 is 0. The van der Waals surface area contributed by atoms with Crippen molar-refractivity contribution in [3.05, 3.63) is 46.5 Å². The maximum Gasteiger partial charge on any atom is 0.404 e. The van der Waals surface area contributed by atoms with Gasteiger partial charge in [0.1, 0.15) is 40.2 Å². The monoisotopic (exact) mass is 457 g/mol. The largest absolute Gasteiger partial charge is 0.404 e. The molecular weight excluding hydrogens is 442 g/mol. The minimum atomic E-state index is -4.87. The number of rotatable bonds is 5. The highest BCUT2D eigenvalue weighted by Crippen LogP contribution is 2.29. The lowest BCUT2D eigenvalue weighted by atomic mass is 10.2. The third-order valence-corrected chi connectivity index (χ3v) is 6.10. The zero-order chi connectivity index (χ0) is 23.7. The minimum absolute atomic E-state index is 0.0149. The average molecular weight is 457 g/mol. The maximum atomic E-state index is 13.5. The molecule has 0 spiro atoms. The van der Waals surface area contributed by atoms with E-state index in [1.165, 1.54) is 18.7 Å². The van der Waals surface area contributed by atoms with Crippen LogP contribution in [0, 0.1) is 35.4 Å². The number of aromatic nitrogens is 1. The van der Waals surface area contributed by atoms with Gasteiger partial charge >= 0.3 is 6.18 Å². The van der Waals surface area contributed by atoms with Crippen molar-refractivity contribution in [2.75, 3.05) is 5.32 Å². The van der Waals surface area contributed by atoms with E-state index < -0.39 is 50.1 Å². The molecule has 2 aromatic rings. The van der Waals surface area contributed by atoms with Crippen LogP contribution in [0.25, 0.3) is 0 Å². The number of nitriles is 2. The molecule has 1 heterocycles. The highest BCUT2D eigenvalue weighted by molar-refractivity contribution is 7.89. The summed E-state index contributed by atoms with van der Waals surface area (Å²) in [6.07, 6.45) is -4.87. The van der Waals surface area contributed by atoms with Crippen molar-refractivity contribution in [2.45, 2.75) is 31.0 Å². The zero-order valence-corrected chi connectivity index (χ0v) is 17.1. The van der Waals surface area contributed by atoms with Gasteiger partial charge in [-0.25, -0.2) is 12.8 Å². The predicted molar refractivity (Wildman–Crippen MR) is 99.8 cm³/mol. The fraction of sp³-hybridized carbons (Fsp3) is 0.278. The second kappa shape index (κ2) is 8.37. The van der Waals surface area contributed by atoms with E-state index in [9.17, 15) is 36.0 Å². The molecule has 0 radical (unpaired) electrons. The van der Waals surface area contributed by atoms with E-state index in [-0.39, 0.29) is 16.9 Å². The Balaban J connectivity index is 2.53. The number of benzene rings is 1. The van der Waals surface area contributed by atoms with E-state index in [0.717, 1.165) is 22.8 Å². The quantitative estimate of drug-likeness (QED) is 0.668. The van der Waals surface area contributed by atoms with Crippen LogP contribution in [0.3, 0.4) is 0 Å². The first-order valence-corrected chi connectivity index (χ1v) is 9.92. The zero-order valence-electron chi connectivity index (χ0n) is 16.3. The molecule has 0 bridgehead atoms. The number of halogens is 4. The van der Waals surface area contributed by atoms with Crippen molar-refractivity contribution in [2.24, 2.45) is 7.05 Å². The number of alkyl halides is 3. The van der Waals surface area contributed by atoms with Crippen LogP contribution < -0.4 is 10.0 Å². The number of hydrogen-bond donors (Lipinski definition) is 2. The molecule has 0 fully saturated rings. The fourth-order valence-electron chi connectivity index (χ4n) is 2.71. The van der Waals surface area contributed by atoms with Gasteiger partial charge in [-0.1, -0.05) is 0 Å². The van der Waals surface area contributed by atoms with Crippen molar-refractivity contribution in [1.82, 2.24) is 9.29 Å². The summed E-state index contributed by atoms with van der Waals surface area (Å²) in [7, 11) is -3.57. The van der Waals surface area contributed by atoms with Gasteiger partial charge in [0.15, 0.2) is 0 Å².